The number of hydrogen-bond donors (Lipinski definition) is 5. The van der Waals surface area contributed by atoms with Crippen molar-refractivity contribution in [3.8, 4) is 0 Å². The standard InChI is InChI=1S/C7H16N2O5/c8-7(14)9(5(1-10)2-11)6(3-12)4-13/h5-6,10-13H,1-4H2,(H2,8,14). The van der Waals surface area contributed by atoms with E-state index >= 15 is 0 Å². The van der Waals surface area contributed by atoms with Gasteiger partial charge < -0.3 is 31.1 Å². The van der Waals surface area contributed by atoms with Crippen molar-refractivity contribution in [3.63, 3.8) is 0 Å². The molecule has 0 aromatic rings. The van der Waals surface area contributed by atoms with Crippen LogP contribution in [0.15, 0.2) is 0 Å². The summed E-state index contributed by atoms with van der Waals surface area (Å²) in [4.78, 5) is 11.8. The lowest BCUT2D eigenvalue weighted by Crippen LogP contribution is -2.55. The number of carbonyl (C=O) groups is 1. The summed E-state index contributed by atoms with van der Waals surface area (Å²) in [5, 5.41) is 35.3. The summed E-state index contributed by atoms with van der Waals surface area (Å²) in [7, 11) is 0. The maximum atomic E-state index is 10.9. The van der Waals surface area contributed by atoms with Crippen LogP contribution in [0.4, 0.5) is 4.79 Å². The molecule has 14 heavy (non-hydrogen) atoms. The Morgan fingerprint density at radius 2 is 1.29 bits per heavy atom. The van der Waals surface area contributed by atoms with E-state index in [2.05, 4.69) is 0 Å². The Bertz CT molecular complexity index is 157. The molecule has 0 radical (unpaired) electrons. The van der Waals surface area contributed by atoms with E-state index in [0.29, 0.717) is 0 Å². The third-order valence-corrected chi connectivity index (χ3v) is 1.88. The lowest BCUT2D eigenvalue weighted by molar-refractivity contribution is 0.0292. The molecule has 0 aromatic heterocycles. The number of aliphatic hydroxyl groups excluding tert-OH is 4. The van der Waals surface area contributed by atoms with Crippen molar-refractivity contribution >= 4 is 6.03 Å². The molecule has 2 amide bonds. The van der Waals surface area contributed by atoms with E-state index in [-0.39, 0.29) is 0 Å². The van der Waals surface area contributed by atoms with Gasteiger partial charge in [0.1, 0.15) is 0 Å². The van der Waals surface area contributed by atoms with E-state index in [1.807, 2.05) is 0 Å². The van der Waals surface area contributed by atoms with E-state index in [9.17, 15) is 4.79 Å². The van der Waals surface area contributed by atoms with Crippen molar-refractivity contribution in [2.24, 2.45) is 5.73 Å². The van der Waals surface area contributed by atoms with Crippen LogP contribution < -0.4 is 5.73 Å². The van der Waals surface area contributed by atoms with Gasteiger partial charge in [-0.3, -0.25) is 0 Å². The fourth-order valence-corrected chi connectivity index (χ4v) is 1.13. The van der Waals surface area contributed by atoms with E-state index in [4.69, 9.17) is 26.2 Å². The maximum Gasteiger partial charge on any atom is 0.315 e. The highest BCUT2D eigenvalue weighted by Crippen LogP contribution is 2.04. The van der Waals surface area contributed by atoms with E-state index in [1.165, 1.54) is 0 Å². The van der Waals surface area contributed by atoms with Crippen molar-refractivity contribution in [2.45, 2.75) is 12.1 Å². The predicted octanol–water partition coefficient (Wildman–Crippen LogP) is -2.93. The van der Waals surface area contributed by atoms with Gasteiger partial charge in [-0.05, 0) is 0 Å². The van der Waals surface area contributed by atoms with Crippen LogP contribution in [0, 0.1) is 0 Å². The zero-order valence-electron chi connectivity index (χ0n) is 7.70. The van der Waals surface area contributed by atoms with Gasteiger partial charge in [-0.15, -0.1) is 0 Å². The second-order valence-electron chi connectivity index (χ2n) is 2.78. The SMILES string of the molecule is NC(=O)N(C(CO)CO)C(CO)CO. The molecule has 0 saturated heterocycles. The normalized spacial score (nSPS) is 11.0. The number of amides is 2. The molecule has 0 atom stereocenters. The van der Waals surface area contributed by atoms with Crippen molar-refractivity contribution in [3.05, 3.63) is 0 Å². The fraction of sp³-hybridized carbons (Fsp3) is 0.857. The molecule has 0 saturated carbocycles. The molecular formula is C7H16N2O5. The minimum absolute atomic E-state index is 0.490. The molecule has 0 aliphatic rings. The van der Waals surface area contributed by atoms with Crippen LogP contribution in [0.1, 0.15) is 0 Å². The minimum atomic E-state index is -0.911. The molecule has 0 heterocycles. The van der Waals surface area contributed by atoms with Gasteiger partial charge in [0.05, 0.1) is 38.5 Å². The number of urea groups is 1. The summed E-state index contributed by atoms with van der Waals surface area (Å²) in [5.74, 6) is 0. The number of primary amides is 1. The summed E-state index contributed by atoms with van der Waals surface area (Å²) in [6, 6.07) is -2.72. The highest BCUT2D eigenvalue weighted by Gasteiger charge is 2.27. The summed E-state index contributed by atoms with van der Waals surface area (Å²) in [6.07, 6.45) is 0. The molecule has 0 unspecified atom stereocenters. The van der Waals surface area contributed by atoms with E-state index in [1.54, 1.807) is 0 Å². The number of carbonyl (C=O) groups excluding carboxylic acids is 1. The smallest absolute Gasteiger partial charge is 0.315 e. The molecule has 84 valence electrons. The third kappa shape index (κ3) is 3.11. The number of nitrogens with two attached hydrogens (primary N) is 1. The first kappa shape index (κ1) is 13.1. The number of nitrogens with zero attached hydrogens (tertiary/aromatic N) is 1. The van der Waals surface area contributed by atoms with Gasteiger partial charge in [0.25, 0.3) is 0 Å². The van der Waals surface area contributed by atoms with Crippen molar-refractivity contribution in [1.82, 2.24) is 4.90 Å². The Labute approximate surface area is 81.4 Å². The Balaban J connectivity index is 4.62. The van der Waals surface area contributed by atoms with Crippen LogP contribution in [0.3, 0.4) is 0 Å². The summed E-state index contributed by atoms with van der Waals surface area (Å²) in [5.41, 5.74) is 4.98. The number of rotatable bonds is 6. The number of aliphatic hydroxyl groups is 4. The van der Waals surface area contributed by atoms with Gasteiger partial charge in [-0.2, -0.15) is 0 Å². The molecule has 0 fully saturated rings. The lowest BCUT2D eigenvalue weighted by atomic mass is 10.2. The summed E-state index contributed by atoms with van der Waals surface area (Å²) < 4.78 is 0. The molecule has 0 aliphatic heterocycles. The quantitative estimate of drug-likeness (QED) is 0.319. The first-order valence-electron chi connectivity index (χ1n) is 4.13. The average molecular weight is 208 g/mol. The Kier molecular flexibility index (Phi) is 6.13. The number of hydrogen-bond acceptors (Lipinski definition) is 5. The molecule has 6 N–H and O–H groups in total. The highest BCUT2D eigenvalue weighted by atomic mass is 16.3. The van der Waals surface area contributed by atoms with Crippen LogP contribution in [0.2, 0.25) is 0 Å². The second-order valence-corrected chi connectivity index (χ2v) is 2.78. The van der Waals surface area contributed by atoms with Gasteiger partial charge in [-0.1, -0.05) is 0 Å². The molecule has 7 nitrogen and oxygen atoms in total. The zero-order valence-corrected chi connectivity index (χ0v) is 7.70. The molecule has 0 bridgehead atoms. The second kappa shape index (κ2) is 6.55. The van der Waals surface area contributed by atoms with Crippen LogP contribution in [-0.2, 0) is 0 Å². The summed E-state index contributed by atoms with van der Waals surface area (Å²) in [6.45, 7) is -1.96. The molecule has 0 aliphatic carbocycles. The van der Waals surface area contributed by atoms with Gasteiger partial charge in [0.15, 0.2) is 0 Å². The van der Waals surface area contributed by atoms with E-state index < -0.39 is 44.5 Å². The Hall–Kier alpha value is -0.890. The summed E-state index contributed by atoms with van der Waals surface area (Å²) >= 11 is 0. The first-order valence-corrected chi connectivity index (χ1v) is 4.13. The zero-order chi connectivity index (χ0) is 11.1. The minimum Gasteiger partial charge on any atom is -0.394 e. The van der Waals surface area contributed by atoms with Crippen LogP contribution in [0.25, 0.3) is 0 Å². The van der Waals surface area contributed by atoms with Crippen LogP contribution >= 0.6 is 0 Å². The maximum absolute atomic E-state index is 10.9. The van der Waals surface area contributed by atoms with Crippen LogP contribution in [-0.4, -0.2) is 69.9 Å². The molecule has 0 aromatic carbocycles. The molecular weight excluding hydrogens is 192 g/mol. The van der Waals surface area contributed by atoms with Crippen LogP contribution in [0.5, 0.6) is 0 Å². The van der Waals surface area contributed by atoms with Gasteiger partial charge >= 0.3 is 6.03 Å². The average Bonchev–Trinajstić information content (AvgIpc) is 2.18. The van der Waals surface area contributed by atoms with Crippen molar-refractivity contribution in [2.75, 3.05) is 26.4 Å². The largest absolute Gasteiger partial charge is 0.394 e. The Morgan fingerprint density at radius 3 is 1.43 bits per heavy atom. The first-order chi connectivity index (χ1) is 6.62. The van der Waals surface area contributed by atoms with E-state index in [0.717, 1.165) is 4.90 Å². The lowest BCUT2D eigenvalue weighted by Gasteiger charge is -2.33. The molecule has 0 rings (SSSR count). The van der Waals surface area contributed by atoms with Crippen molar-refractivity contribution < 1.29 is 25.2 Å². The third-order valence-electron chi connectivity index (χ3n) is 1.88. The highest BCUT2D eigenvalue weighted by molar-refractivity contribution is 5.72. The topological polar surface area (TPSA) is 127 Å². The molecule has 0 spiro atoms. The monoisotopic (exact) mass is 208 g/mol. The van der Waals surface area contributed by atoms with Crippen molar-refractivity contribution in [1.29, 1.82) is 0 Å². The molecule has 7 heteroatoms. The van der Waals surface area contributed by atoms with Gasteiger partial charge in [-0.25, -0.2) is 4.79 Å². The van der Waals surface area contributed by atoms with Gasteiger partial charge in [0.2, 0.25) is 0 Å². The fourth-order valence-electron chi connectivity index (χ4n) is 1.13. The Morgan fingerprint density at radius 1 is 1.00 bits per heavy atom. The van der Waals surface area contributed by atoms with Gasteiger partial charge in [0, 0.05) is 0 Å². The predicted molar refractivity (Wildman–Crippen MR) is 47.3 cm³/mol.